The molecular formula is C20H24FN3O3S. The maximum atomic E-state index is 13.9. The number of amides is 1. The number of anilines is 1. The van der Waals surface area contributed by atoms with Gasteiger partial charge < -0.3 is 9.80 Å². The molecule has 28 heavy (non-hydrogen) atoms. The van der Waals surface area contributed by atoms with Crippen molar-refractivity contribution in [1.29, 1.82) is 0 Å². The molecule has 0 bridgehead atoms. The fourth-order valence-corrected chi connectivity index (χ4v) is 3.93. The highest BCUT2D eigenvalue weighted by molar-refractivity contribution is 7.88. The minimum atomic E-state index is -3.66. The molecule has 0 spiro atoms. The Labute approximate surface area is 165 Å². The first-order chi connectivity index (χ1) is 13.3. The van der Waals surface area contributed by atoms with E-state index in [0.29, 0.717) is 26.2 Å². The molecular weight excluding hydrogens is 381 g/mol. The Balaban J connectivity index is 1.62. The maximum Gasteiger partial charge on any atom is 0.238 e. The van der Waals surface area contributed by atoms with Crippen LogP contribution in [-0.2, 0) is 21.4 Å². The molecule has 0 unspecified atom stereocenters. The van der Waals surface area contributed by atoms with E-state index in [-0.39, 0.29) is 24.6 Å². The van der Waals surface area contributed by atoms with Crippen molar-refractivity contribution in [2.24, 2.45) is 0 Å². The van der Waals surface area contributed by atoms with Crippen molar-refractivity contribution < 1.29 is 17.6 Å². The lowest BCUT2D eigenvalue weighted by Crippen LogP contribution is -2.51. The number of carbonyl (C=O) groups excluding carboxylic acids is 1. The molecule has 0 aromatic heterocycles. The molecule has 1 aliphatic heterocycles. The van der Waals surface area contributed by atoms with Crippen LogP contribution in [0.25, 0.3) is 0 Å². The highest BCUT2D eigenvalue weighted by Gasteiger charge is 2.27. The Bertz CT molecular complexity index is 913. The summed E-state index contributed by atoms with van der Waals surface area (Å²) in [6, 6.07) is 15.9. The van der Waals surface area contributed by atoms with E-state index in [1.807, 2.05) is 30.3 Å². The molecule has 1 amide bonds. The van der Waals surface area contributed by atoms with Crippen LogP contribution in [-0.4, -0.2) is 62.5 Å². The van der Waals surface area contributed by atoms with Crippen LogP contribution in [0.4, 0.5) is 10.1 Å². The molecule has 1 heterocycles. The number of hydrogen-bond donors (Lipinski definition) is 0. The van der Waals surface area contributed by atoms with E-state index < -0.39 is 15.8 Å². The van der Waals surface area contributed by atoms with E-state index in [9.17, 15) is 17.6 Å². The number of hydrogen-bond acceptors (Lipinski definition) is 4. The van der Waals surface area contributed by atoms with Crippen molar-refractivity contribution in [3.05, 3.63) is 66.0 Å². The van der Waals surface area contributed by atoms with Gasteiger partial charge in [0.15, 0.2) is 0 Å². The minimum absolute atomic E-state index is 0.165. The zero-order valence-corrected chi connectivity index (χ0v) is 16.6. The topological polar surface area (TPSA) is 60.9 Å². The second kappa shape index (κ2) is 8.70. The Hall–Kier alpha value is -2.45. The molecule has 6 nitrogen and oxygen atoms in total. The molecule has 0 N–H and O–H groups in total. The summed E-state index contributed by atoms with van der Waals surface area (Å²) in [7, 11) is -3.66. The molecule has 3 rings (SSSR count). The van der Waals surface area contributed by atoms with Crippen LogP contribution in [0.5, 0.6) is 0 Å². The fourth-order valence-electron chi connectivity index (χ4n) is 3.21. The summed E-state index contributed by atoms with van der Waals surface area (Å²) in [5.74, 6) is -0.755. The quantitative estimate of drug-likeness (QED) is 0.737. The van der Waals surface area contributed by atoms with Crippen LogP contribution >= 0.6 is 0 Å². The number of para-hydroxylation sites is 1. The summed E-state index contributed by atoms with van der Waals surface area (Å²) in [5.41, 5.74) is 1.35. The zero-order chi connectivity index (χ0) is 20.1. The summed E-state index contributed by atoms with van der Waals surface area (Å²) < 4.78 is 39.2. The van der Waals surface area contributed by atoms with E-state index in [1.54, 1.807) is 17.0 Å². The summed E-state index contributed by atoms with van der Waals surface area (Å²) in [5, 5.41) is 0. The highest BCUT2D eigenvalue weighted by Crippen LogP contribution is 2.17. The molecule has 1 fully saturated rings. The molecule has 8 heteroatoms. The first-order valence-corrected chi connectivity index (χ1v) is 11.0. The number of halogens is 1. The van der Waals surface area contributed by atoms with E-state index in [2.05, 4.69) is 4.90 Å². The molecule has 2 aromatic rings. The lowest BCUT2D eigenvalue weighted by atomic mass is 10.2. The maximum absolute atomic E-state index is 13.9. The Kier molecular flexibility index (Phi) is 6.31. The standard InChI is InChI=1S/C20H24FN3O3S/c1-28(26,27)24(15-17-7-5-6-10-19(17)21)16-20(25)23-13-11-22(12-14-23)18-8-3-2-4-9-18/h2-10H,11-16H2,1H3. The van der Waals surface area contributed by atoms with Crippen LogP contribution in [0.3, 0.4) is 0 Å². The van der Waals surface area contributed by atoms with Crippen molar-refractivity contribution in [1.82, 2.24) is 9.21 Å². The van der Waals surface area contributed by atoms with Crippen molar-refractivity contribution in [2.75, 3.05) is 43.9 Å². The van der Waals surface area contributed by atoms with Gasteiger partial charge in [-0.05, 0) is 18.2 Å². The summed E-state index contributed by atoms with van der Waals surface area (Å²) in [6.07, 6.45) is 1.04. The van der Waals surface area contributed by atoms with E-state index in [1.165, 1.54) is 12.1 Å². The Morgan fingerprint density at radius 2 is 1.61 bits per heavy atom. The highest BCUT2D eigenvalue weighted by atomic mass is 32.2. The van der Waals surface area contributed by atoms with Gasteiger partial charge in [0.1, 0.15) is 5.82 Å². The van der Waals surface area contributed by atoms with Gasteiger partial charge in [0.25, 0.3) is 0 Å². The van der Waals surface area contributed by atoms with Gasteiger partial charge in [-0.3, -0.25) is 4.79 Å². The molecule has 1 saturated heterocycles. The zero-order valence-electron chi connectivity index (χ0n) is 15.8. The number of benzene rings is 2. The van der Waals surface area contributed by atoms with Crippen LogP contribution in [0.15, 0.2) is 54.6 Å². The van der Waals surface area contributed by atoms with E-state index in [0.717, 1.165) is 16.2 Å². The minimum Gasteiger partial charge on any atom is -0.368 e. The molecule has 0 radical (unpaired) electrons. The molecule has 1 aliphatic rings. The average molecular weight is 405 g/mol. The third-order valence-corrected chi connectivity index (χ3v) is 6.04. The third kappa shape index (κ3) is 5.08. The fraction of sp³-hybridized carbons (Fsp3) is 0.350. The number of piperazine rings is 1. The Morgan fingerprint density at radius 1 is 1.00 bits per heavy atom. The first-order valence-electron chi connectivity index (χ1n) is 9.11. The lowest BCUT2D eigenvalue weighted by Gasteiger charge is -2.36. The van der Waals surface area contributed by atoms with Gasteiger partial charge in [-0.25, -0.2) is 12.8 Å². The van der Waals surface area contributed by atoms with Crippen LogP contribution in [0.2, 0.25) is 0 Å². The second-order valence-corrected chi connectivity index (χ2v) is 8.81. The van der Waals surface area contributed by atoms with Gasteiger partial charge in [-0.1, -0.05) is 36.4 Å². The number of sulfonamides is 1. The van der Waals surface area contributed by atoms with E-state index >= 15 is 0 Å². The SMILES string of the molecule is CS(=O)(=O)N(CC(=O)N1CCN(c2ccccc2)CC1)Cc1ccccc1F. The number of carbonyl (C=O) groups is 1. The second-order valence-electron chi connectivity index (χ2n) is 6.83. The predicted octanol–water partition coefficient (Wildman–Crippen LogP) is 1.94. The number of rotatable bonds is 6. The van der Waals surface area contributed by atoms with Crippen molar-refractivity contribution in [2.45, 2.75) is 6.54 Å². The van der Waals surface area contributed by atoms with Gasteiger partial charge in [-0.15, -0.1) is 0 Å². The Morgan fingerprint density at radius 3 is 2.21 bits per heavy atom. The monoisotopic (exact) mass is 405 g/mol. The van der Waals surface area contributed by atoms with Gasteiger partial charge >= 0.3 is 0 Å². The molecule has 0 aliphatic carbocycles. The normalized spacial score (nSPS) is 15.1. The van der Waals surface area contributed by atoms with Crippen LogP contribution in [0.1, 0.15) is 5.56 Å². The van der Waals surface area contributed by atoms with Crippen molar-refractivity contribution in [3.8, 4) is 0 Å². The molecule has 150 valence electrons. The molecule has 0 saturated carbocycles. The van der Waals surface area contributed by atoms with Crippen LogP contribution < -0.4 is 4.90 Å². The molecule has 2 aromatic carbocycles. The molecule has 0 atom stereocenters. The predicted molar refractivity (Wildman–Crippen MR) is 107 cm³/mol. The largest absolute Gasteiger partial charge is 0.368 e. The summed E-state index contributed by atoms with van der Waals surface area (Å²) in [4.78, 5) is 16.5. The average Bonchev–Trinajstić information content (AvgIpc) is 2.69. The van der Waals surface area contributed by atoms with Crippen molar-refractivity contribution >= 4 is 21.6 Å². The van der Waals surface area contributed by atoms with Gasteiger partial charge in [-0.2, -0.15) is 4.31 Å². The third-order valence-electron chi connectivity index (χ3n) is 4.84. The summed E-state index contributed by atoms with van der Waals surface area (Å²) >= 11 is 0. The number of nitrogens with zero attached hydrogens (tertiary/aromatic N) is 3. The first kappa shape index (κ1) is 20.3. The van der Waals surface area contributed by atoms with Crippen LogP contribution in [0, 0.1) is 5.82 Å². The lowest BCUT2D eigenvalue weighted by molar-refractivity contribution is -0.131. The smallest absolute Gasteiger partial charge is 0.238 e. The van der Waals surface area contributed by atoms with Gasteiger partial charge in [0.2, 0.25) is 15.9 Å². The summed E-state index contributed by atoms with van der Waals surface area (Å²) in [6.45, 7) is 1.94. The van der Waals surface area contributed by atoms with E-state index in [4.69, 9.17) is 0 Å². The van der Waals surface area contributed by atoms with Crippen molar-refractivity contribution in [3.63, 3.8) is 0 Å². The van der Waals surface area contributed by atoms with Gasteiger partial charge in [0, 0.05) is 44.0 Å². The van der Waals surface area contributed by atoms with Gasteiger partial charge in [0.05, 0.1) is 12.8 Å².